The maximum Gasteiger partial charge on any atom is 2.00 e. The molecule has 0 fully saturated rings. The normalized spacial score (nSPS) is 12.2. The molecule has 0 saturated heterocycles. The number of aliphatic carboxylic acids is 3. The smallest absolute Gasteiger partial charge is 0.548 e. The molecule has 3 atom stereocenters. The minimum atomic E-state index is -1.09. The average molecular weight is 441 g/mol. The van der Waals surface area contributed by atoms with Crippen LogP contribution in [0, 0.1) is 0 Å². The van der Waals surface area contributed by atoms with Gasteiger partial charge in [0.15, 0.2) is 0 Å². The molecular formula is C15H33MgN6NaO6. The summed E-state index contributed by atoms with van der Waals surface area (Å²) in [6.07, 6.45) is 0. The molecular weight excluding hydrogens is 407 g/mol. The fraction of sp³-hybridized carbons (Fsp3) is 0.800. The first-order chi connectivity index (χ1) is 12.5. The summed E-state index contributed by atoms with van der Waals surface area (Å²) in [7, 11) is 0. The number of nitrogens with two attached hydrogens (primary N) is 3. The van der Waals surface area contributed by atoms with Crippen molar-refractivity contribution in [2.75, 3.05) is 39.3 Å². The van der Waals surface area contributed by atoms with E-state index in [-0.39, 0.29) is 52.6 Å². The van der Waals surface area contributed by atoms with Gasteiger partial charge in [0.2, 0.25) is 0 Å². The van der Waals surface area contributed by atoms with Gasteiger partial charge in [-0.05, 0) is 20.8 Å². The number of nitrogens with one attached hydrogen (secondary N) is 3. The van der Waals surface area contributed by atoms with E-state index in [0.717, 1.165) is 0 Å². The van der Waals surface area contributed by atoms with Gasteiger partial charge < -0.3 is 62.9 Å². The Hall–Kier alpha value is -0.0638. The van der Waals surface area contributed by atoms with Crippen LogP contribution in [0.5, 0.6) is 0 Å². The molecule has 0 aromatic carbocycles. The topological polar surface area (TPSA) is 235 Å². The molecule has 12 nitrogen and oxygen atoms in total. The van der Waals surface area contributed by atoms with Crippen LogP contribution in [-0.4, -0.2) is 98.4 Å². The predicted molar refractivity (Wildman–Crippen MR) is 100 cm³/mol. The molecule has 0 spiro atoms. The maximum absolute atomic E-state index is 9.99. The van der Waals surface area contributed by atoms with Gasteiger partial charge in [-0.2, -0.15) is 0 Å². The van der Waals surface area contributed by atoms with Crippen LogP contribution in [-0.2, 0) is 14.4 Å². The molecule has 0 aromatic heterocycles. The maximum atomic E-state index is 9.99. The van der Waals surface area contributed by atoms with E-state index >= 15 is 0 Å². The third-order valence-corrected chi connectivity index (χ3v) is 2.85. The largest absolute Gasteiger partial charge is 2.00 e. The van der Waals surface area contributed by atoms with Gasteiger partial charge in [-0.15, -0.1) is 0 Å². The van der Waals surface area contributed by atoms with Crippen LogP contribution in [0.1, 0.15) is 20.8 Å². The number of carbonyl (C=O) groups excluding carboxylic acids is 3. The van der Waals surface area contributed by atoms with Crippen molar-refractivity contribution < 1.29 is 59.3 Å². The van der Waals surface area contributed by atoms with Crippen LogP contribution in [0.15, 0.2) is 0 Å². The van der Waals surface area contributed by atoms with Crippen molar-refractivity contribution in [1.29, 1.82) is 0 Å². The molecule has 0 amide bonds. The summed E-state index contributed by atoms with van der Waals surface area (Å²) in [4.78, 5) is 30.0. The van der Waals surface area contributed by atoms with Gasteiger partial charge in [0.05, 0.1) is 17.9 Å². The third kappa shape index (κ3) is 32.8. The number of rotatable bonds is 12. The molecule has 14 heteroatoms. The van der Waals surface area contributed by atoms with Crippen LogP contribution in [0.2, 0.25) is 0 Å². The average Bonchev–Trinajstić information content (AvgIpc) is 2.62. The third-order valence-electron chi connectivity index (χ3n) is 2.85. The van der Waals surface area contributed by atoms with E-state index in [9.17, 15) is 29.7 Å². The first kappa shape index (κ1) is 39.4. The van der Waals surface area contributed by atoms with E-state index in [1.165, 1.54) is 20.8 Å². The monoisotopic (exact) mass is 440 g/mol. The summed E-state index contributed by atoms with van der Waals surface area (Å²) in [5.74, 6) is -3.28. The quantitative estimate of drug-likeness (QED) is 0.155. The van der Waals surface area contributed by atoms with Gasteiger partial charge in [-0.25, -0.2) is 0 Å². The summed E-state index contributed by atoms with van der Waals surface area (Å²) >= 11 is 0. The molecule has 162 valence electrons. The van der Waals surface area contributed by atoms with E-state index in [2.05, 4.69) is 16.0 Å². The zero-order valence-electron chi connectivity index (χ0n) is 17.9. The van der Waals surface area contributed by atoms with E-state index < -0.39 is 36.0 Å². The molecule has 0 rings (SSSR count). The van der Waals surface area contributed by atoms with Gasteiger partial charge in [0.25, 0.3) is 0 Å². The second-order valence-corrected chi connectivity index (χ2v) is 5.35. The second-order valence-electron chi connectivity index (χ2n) is 5.35. The molecule has 0 aromatic rings. The zero-order chi connectivity index (χ0) is 21.8. The van der Waals surface area contributed by atoms with Crippen molar-refractivity contribution in [1.82, 2.24) is 16.0 Å². The summed E-state index contributed by atoms with van der Waals surface area (Å²) in [5.41, 5.74) is 15.3. The molecule has 0 bridgehead atoms. The summed E-state index contributed by atoms with van der Waals surface area (Å²) in [5, 5.41) is 37.9. The van der Waals surface area contributed by atoms with Crippen molar-refractivity contribution in [3.8, 4) is 0 Å². The Morgan fingerprint density at radius 2 is 0.828 bits per heavy atom. The first-order valence-corrected chi connectivity index (χ1v) is 8.47. The van der Waals surface area contributed by atoms with Crippen LogP contribution in [0.4, 0.5) is 0 Å². The van der Waals surface area contributed by atoms with Crippen molar-refractivity contribution in [3.63, 3.8) is 0 Å². The zero-order valence-corrected chi connectivity index (χ0v) is 21.3. The first-order valence-electron chi connectivity index (χ1n) is 8.47. The summed E-state index contributed by atoms with van der Waals surface area (Å²) < 4.78 is 0. The molecule has 0 aliphatic carbocycles. The summed E-state index contributed by atoms with van der Waals surface area (Å²) in [6.45, 7) is 7.41. The molecule has 29 heavy (non-hydrogen) atoms. The van der Waals surface area contributed by atoms with E-state index in [1.54, 1.807) is 0 Å². The van der Waals surface area contributed by atoms with Gasteiger partial charge in [0, 0.05) is 57.4 Å². The van der Waals surface area contributed by atoms with Crippen molar-refractivity contribution >= 4 is 41.0 Å². The van der Waals surface area contributed by atoms with Crippen LogP contribution >= 0.6 is 0 Å². The van der Waals surface area contributed by atoms with E-state index in [4.69, 9.17) is 17.2 Å². The van der Waals surface area contributed by atoms with Gasteiger partial charge in [0.1, 0.15) is 0 Å². The molecule has 0 aliphatic heterocycles. The fourth-order valence-corrected chi connectivity index (χ4v) is 1.15. The van der Waals surface area contributed by atoms with Crippen LogP contribution in [0.25, 0.3) is 0 Å². The Morgan fingerprint density at radius 3 is 0.931 bits per heavy atom. The summed E-state index contributed by atoms with van der Waals surface area (Å²) in [6, 6.07) is -1.81. The number of carboxylic acid groups (broad SMARTS) is 3. The molecule has 0 heterocycles. The van der Waals surface area contributed by atoms with E-state index in [1.807, 2.05) is 0 Å². The number of hydrogen-bond donors (Lipinski definition) is 6. The predicted octanol–water partition coefficient (Wildman–Crippen LogP) is -10.4. The number of carboxylic acids is 3. The van der Waals surface area contributed by atoms with Gasteiger partial charge in [-0.1, -0.05) is 0 Å². The van der Waals surface area contributed by atoms with Crippen LogP contribution in [0.3, 0.4) is 0 Å². The minimum Gasteiger partial charge on any atom is -0.548 e. The SMILES string of the molecule is CC(NCCN)C(=O)[O-].CC(NCCN)C(=O)[O-].CC(NCCN)C(=O)[O-].[Mg+2].[Na+]. The molecule has 0 saturated carbocycles. The number of hydrogen-bond acceptors (Lipinski definition) is 12. The van der Waals surface area contributed by atoms with Crippen molar-refractivity contribution in [3.05, 3.63) is 0 Å². The molecule has 9 N–H and O–H groups in total. The Bertz CT molecular complexity index is 354. The van der Waals surface area contributed by atoms with E-state index in [0.29, 0.717) is 39.3 Å². The van der Waals surface area contributed by atoms with Crippen molar-refractivity contribution in [2.45, 2.75) is 38.9 Å². The fourth-order valence-electron chi connectivity index (χ4n) is 1.15. The second kappa shape index (κ2) is 27.9. The van der Waals surface area contributed by atoms with Crippen molar-refractivity contribution in [2.24, 2.45) is 17.2 Å². The standard InChI is InChI=1S/3C5H12N2O2.Mg.Na/c3*1-4(5(8)9)7-3-2-6;;/h3*4,7H,2-3,6H2,1H3,(H,8,9);;/q;;;+2;+1/p-3. The van der Waals surface area contributed by atoms with Gasteiger partial charge >= 0.3 is 52.6 Å². The Labute approximate surface area is 210 Å². The van der Waals surface area contributed by atoms with Crippen LogP contribution < -0.4 is 78.0 Å². The molecule has 0 aliphatic rings. The Kier molecular flexibility index (Phi) is 38.0. The number of carbonyl (C=O) groups is 3. The van der Waals surface area contributed by atoms with Gasteiger partial charge in [-0.3, -0.25) is 0 Å². The Balaban J connectivity index is -0.0000000960. The molecule has 0 radical (unpaired) electrons. The Morgan fingerprint density at radius 1 is 0.655 bits per heavy atom. The molecule has 3 unspecified atom stereocenters. The minimum absolute atomic E-state index is 0.